The van der Waals surface area contributed by atoms with Crippen molar-refractivity contribution in [2.75, 3.05) is 99.7 Å². The van der Waals surface area contributed by atoms with Crippen LogP contribution in [-0.2, 0) is 0 Å². The first-order valence-electron chi connectivity index (χ1n) is 12.1. The Balaban J connectivity index is 1.76. The van der Waals surface area contributed by atoms with Crippen molar-refractivity contribution >= 4 is 13.2 Å². The summed E-state index contributed by atoms with van der Waals surface area (Å²) in [6.45, 7) is 18.4. The molecule has 0 aliphatic carbocycles. The van der Waals surface area contributed by atoms with Crippen molar-refractivity contribution in [3.05, 3.63) is 11.4 Å². The van der Waals surface area contributed by atoms with Gasteiger partial charge in [-0.25, -0.2) is 14.1 Å². The maximum Gasteiger partial charge on any atom is 0.219 e. The van der Waals surface area contributed by atoms with E-state index in [2.05, 4.69) is 49.2 Å². The summed E-state index contributed by atoms with van der Waals surface area (Å²) < 4.78 is 16.7. The molecule has 0 aromatic rings. The predicted molar refractivity (Wildman–Crippen MR) is 124 cm³/mol. The van der Waals surface area contributed by atoms with E-state index in [9.17, 15) is 0 Å². The van der Waals surface area contributed by atoms with Crippen LogP contribution in [-0.4, -0.2) is 120 Å². The Bertz CT molecular complexity index is 697. The van der Waals surface area contributed by atoms with Gasteiger partial charge in [-0.3, -0.25) is 0 Å². The molecular formula is C21H44N8P+3. The highest BCUT2D eigenvalue weighted by Gasteiger charge is 2.42. The van der Waals surface area contributed by atoms with E-state index in [1.807, 2.05) is 0 Å². The zero-order chi connectivity index (χ0) is 21.3. The van der Waals surface area contributed by atoms with Crippen LogP contribution in [0.3, 0.4) is 0 Å². The molecule has 4 heterocycles. The Morgan fingerprint density at radius 3 is 1.63 bits per heavy atom. The highest BCUT2D eigenvalue weighted by Crippen LogP contribution is 2.61. The molecule has 3 N–H and O–H groups in total. The second kappa shape index (κ2) is 9.39. The van der Waals surface area contributed by atoms with Crippen molar-refractivity contribution in [2.24, 2.45) is 9.51 Å². The Morgan fingerprint density at radius 2 is 1.20 bits per heavy atom. The SMILES string of the molecule is CCC1=NP(N2CC[NH+](C)CC2)(N2CC[NH+](C)CC2)=NC(N2CC[NH+](C)CC2)=C1C. The van der Waals surface area contributed by atoms with Crippen LogP contribution < -0.4 is 14.7 Å². The average Bonchev–Trinajstić information content (AvgIpc) is 2.76. The monoisotopic (exact) mass is 439 g/mol. The van der Waals surface area contributed by atoms with E-state index in [0.717, 1.165) is 45.7 Å². The minimum Gasteiger partial charge on any atom is -0.345 e. The van der Waals surface area contributed by atoms with Crippen LogP contribution >= 0.6 is 7.51 Å². The molecular weight excluding hydrogens is 395 g/mol. The second-order valence-electron chi connectivity index (χ2n) is 9.75. The molecule has 0 aromatic heterocycles. The number of nitrogens with one attached hydrogen (secondary N) is 3. The quantitative estimate of drug-likeness (QED) is 0.425. The maximum atomic E-state index is 5.69. The molecule has 0 radical (unpaired) electrons. The summed E-state index contributed by atoms with van der Waals surface area (Å²) >= 11 is 0. The lowest BCUT2D eigenvalue weighted by atomic mass is 10.1. The van der Waals surface area contributed by atoms with Crippen molar-refractivity contribution < 1.29 is 14.7 Å². The number of hydrogen-bond acceptors (Lipinski definition) is 5. The summed E-state index contributed by atoms with van der Waals surface area (Å²) in [7, 11) is 4.86. The van der Waals surface area contributed by atoms with Crippen LogP contribution in [0.5, 0.6) is 0 Å². The van der Waals surface area contributed by atoms with Crippen LogP contribution in [0.25, 0.3) is 0 Å². The third-order valence-corrected chi connectivity index (χ3v) is 10.7. The molecule has 30 heavy (non-hydrogen) atoms. The van der Waals surface area contributed by atoms with E-state index in [1.165, 1.54) is 56.4 Å². The average molecular weight is 440 g/mol. The highest BCUT2D eigenvalue weighted by molar-refractivity contribution is 7.60. The first kappa shape index (κ1) is 22.4. The number of hydrogen-bond donors (Lipinski definition) is 3. The van der Waals surface area contributed by atoms with Crippen LogP contribution in [0.4, 0.5) is 0 Å². The standard InChI is InChI=1S/C21H41N8P/c1-6-20-19(2)21(27-13-7-24(3)8-14-27)23-30(22-20,28-15-9-25(4)10-16-28)29-17-11-26(5)12-18-29/h6-18H2,1-5H3/p+3. The van der Waals surface area contributed by atoms with E-state index in [1.54, 1.807) is 14.7 Å². The van der Waals surface area contributed by atoms with Gasteiger partial charge in [0.05, 0.1) is 99.7 Å². The smallest absolute Gasteiger partial charge is 0.219 e. The second-order valence-corrected chi connectivity index (χ2v) is 12.4. The van der Waals surface area contributed by atoms with Crippen molar-refractivity contribution in [1.29, 1.82) is 0 Å². The Labute approximate surface area is 183 Å². The molecule has 0 spiro atoms. The minimum atomic E-state index is -2.10. The van der Waals surface area contributed by atoms with Crippen molar-refractivity contribution in [2.45, 2.75) is 20.3 Å². The van der Waals surface area contributed by atoms with E-state index in [0.29, 0.717) is 0 Å². The minimum absolute atomic E-state index is 1.00. The Hall–Kier alpha value is -0.760. The molecule has 0 unspecified atom stereocenters. The van der Waals surface area contributed by atoms with Gasteiger partial charge in [0, 0.05) is 11.3 Å². The molecule has 0 amide bonds. The lowest BCUT2D eigenvalue weighted by Crippen LogP contribution is -3.12. The summed E-state index contributed by atoms with van der Waals surface area (Å²) in [4.78, 5) is 7.48. The van der Waals surface area contributed by atoms with Crippen LogP contribution in [0.2, 0.25) is 0 Å². The molecule has 4 aliphatic heterocycles. The van der Waals surface area contributed by atoms with Gasteiger partial charge in [0.25, 0.3) is 0 Å². The fraction of sp³-hybridized carbons (Fsp3) is 0.857. The van der Waals surface area contributed by atoms with Crippen LogP contribution in [0.15, 0.2) is 20.9 Å². The molecule has 0 bridgehead atoms. The molecule has 3 saturated heterocycles. The maximum absolute atomic E-state index is 5.69. The van der Waals surface area contributed by atoms with E-state index in [-0.39, 0.29) is 0 Å². The third-order valence-electron chi connectivity index (χ3n) is 7.45. The van der Waals surface area contributed by atoms with Gasteiger partial charge in [-0.05, 0) is 13.3 Å². The summed E-state index contributed by atoms with van der Waals surface area (Å²) in [5.74, 6) is 1.26. The van der Waals surface area contributed by atoms with Gasteiger partial charge in [-0.2, -0.15) is 4.74 Å². The van der Waals surface area contributed by atoms with Gasteiger partial charge < -0.3 is 19.6 Å². The van der Waals surface area contributed by atoms with Crippen LogP contribution in [0, 0.1) is 0 Å². The summed E-state index contributed by atoms with van der Waals surface area (Å²) in [6.07, 6.45) is 1.00. The van der Waals surface area contributed by atoms with Crippen molar-refractivity contribution in [3.8, 4) is 0 Å². The first-order chi connectivity index (χ1) is 14.4. The highest BCUT2D eigenvalue weighted by atomic mass is 31.2. The number of rotatable bonds is 4. The first-order valence-corrected chi connectivity index (χ1v) is 13.7. The molecule has 4 aliphatic rings. The number of quaternary nitrogens is 3. The zero-order valence-corrected chi connectivity index (χ0v) is 20.8. The predicted octanol–water partition coefficient (Wildman–Crippen LogP) is -2.48. The third kappa shape index (κ3) is 4.41. The Morgan fingerprint density at radius 1 is 0.767 bits per heavy atom. The number of piperazine rings is 3. The fourth-order valence-electron chi connectivity index (χ4n) is 5.05. The summed E-state index contributed by atoms with van der Waals surface area (Å²) in [5.41, 5.74) is 2.63. The fourth-order valence-corrected chi connectivity index (χ4v) is 8.58. The van der Waals surface area contributed by atoms with Gasteiger partial charge in [0.15, 0.2) is 0 Å². The summed E-state index contributed by atoms with van der Waals surface area (Å²) in [5, 5.41) is 0. The molecule has 0 aromatic carbocycles. The number of allylic oxidation sites excluding steroid dienone is 1. The Kier molecular flexibility index (Phi) is 7.02. The molecule has 4 rings (SSSR count). The molecule has 8 nitrogen and oxygen atoms in total. The summed E-state index contributed by atoms with van der Waals surface area (Å²) in [6, 6.07) is 0. The normalized spacial score (nSPS) is 28.6. The molecule has 9 heteroatoms. The molecule has 0 saturated carbocycles. The van der Waals surface area contributed by atoms with Gasteiger partial charge in [-0.15, -0.1) is 0 Å². The van der Waals surface area contributed by atoms with Crippen LogP contribution in [0.1, 0.15) is 20.3 Å². The van der Waals surface area contributed by atoms with Gasteiger partial charge in [0.2, 0.25) is 7.51 Å². The lowest BCUT2D eigenvalue weighted by Gasteiger charge is -2.47. The topological polar surface area (TPSA) is 47.8 Å². The van der Waals surface area contributed by atoms with Crippen molar-refractivity contribution in [3.63, 3.8) is 0 Å². The number of likely N-dealkylation sites (N-methyl/N-ethyl adjacent to an activating group) is 3. The van der Waals surface area contributed by atoms with E-state index < -0.39 is 7.51 Å². The van der Waals surface area contributed by atoms with Crippen molar-refractivity contribution in [1.82, 2.24) is 14.2 Å². The lowest BCUT2D eigenvalue weighted by molar-refractivity contribution is -0.884. The molecule has 170 valence electrons. The van der Waals surface area contributed by atoms with Gasteiger partial charge in [0.1, 0.15) is 5.82 Å². The number of nitrogens with zero attached hydrogens (tertiary/aromatic N) is 5. The molecule has 0 atom stereocenters. The van der Waals surface area contributed by atoms with E-state index in [4.69, 9.17) is 9.51 Å². The van der Waals surface area contributed by atoms with E-state index >= 15 is 0 Å². The van der Waals surface area contributed by atoms with Gasteiger partial charge >= 0.3 is 0 Å². The molecule has 3 fully saturated rings. The van der Waals surface area contributed by atoms with Gasteiger partial charge in [-0.1, -0.05) is 6.92 Å². The largest absolute Gasteiger partial charge is 0.345 e. The zero-order valence-electron chi connectivity index (χ0n) is 19.9.